The van der Waals surface area contributed by atoms with E-state index in [1.807, 2.05) is 6.92 Å². The van der Waals surface area contributed by atoms with Crippen LogP contribution in [0, 0.1) is 6.92 Å². The summed E-state index contributed by atoms with van der Waals surface area (Å²) < 4.78 is 54.7. The molecule has 0 bridgehead atoms. The number of hydrogen-bond acceptors (Lipinski definition) is 6. The monoisotopic (exact) mass is 508 g/mol. The maximum Gasteiger partial charge on any atom is 0.339 e. The molecule has 10 heteroatoms. The Labute approximate surface area is 183 Å². The third kappa shape index (κ3) is 5.47. The van der Waals surface area contributed by atoms with Crippen molar-refractivity contribution in [3.05, 3.63) is 88.4 Å². The number of nitrogens with one attached hydrogen (secondary N) is 1. The molecule has 0 amide bonds. The highest BCUT2D eigenvalue weighted by Crippen LogP contribution is 2.28. The van der Waals surface area contributed by atoms with Crippen molar-refractivity contribution < 1.29 is 21.0 Å². The third-order valence-electron chi connectivity index (χ3n) is 3.91. The minimum Gasteiger partial charge on any atom is -0.378 e. The Bertz CT molecular complexity index is 1270. The first-order chi connectivity index (χ1) is 14.2. The van der Waals surface area contributed by atoms with E-state index in [4.69, 9.17) is 4.18 Å². The number of sulfonamides is 1. The largest absolute Gasteiger partial charge is 0.378 e. The fourth-order valence-electron chi connectivity index (χ4n) is 2.36. The highest BCUT2D eigenvalue weighted by Gasteiger charge is 2.18. The molecule has 30 heavy (non-hydrogen) atoms. The molecule has 0 aromatic heterocycles. The van der Waals surface area contributed by atoms with Gasteiger partial charge in [-0.15, -0.1) is 0 Å². The van der Waals surface area contributed by atoms with Crippen molar-refractivity contribution in [1.82, 2.24) is 4.83 Å². The molecule has 7 nitrogen and oxygen atoms in total. The zero-order chi connectivity index (χ0) is 21.8. The fourth-order valence-corrected chi connectivity index (χ4v) is 4.70. The summed E-state index contributed by atoms with van der Waals surface area (Å²) in [5, 5.41) is 3.75. The van der Waals surface area contributed by atoms with Gasteiger partial charge < -0.3 is 4.18 Å². The lowest BCUT2D eigenvalue weighted by Crippen LogP contribution is -2.18. The number of benzene rings is 3. The quantitative estimate of drug-likeness (QED) is 0.296. The van der Waals surface area contributed by atoms with Crippen molar-refractivity contribution in [3.8, 4) is 5.75 Å². The summed E-state index contributed by atoms with van der Waals surface area (Å²) in [5.74, 6) is 0.0950. The van der Waals surface area contributed by atoms with Crippen LogP contribution in [-0.2, 0) is 20.1 Å². The van der Waals surface area contributed by atoms with Gasteiger partial charge in [0.1, 0.15) is 4.90 Å². The molecule has 0 aliphatic heterocycles. The van der Waals surface area contributed by atoms with Gasteiger partial charge in [0, 0.05) is 0 Å². The van der Waals surface area contributed by atoms with Gasteiger partial charge in [-0.05, 0) is 70.9 Å². The molecule has 0 unspecified atom stereocenters. The van der Waals surface area contributed by atoms with Gasteiger partial charge in [-0.25, -0.2) is 4.83 Å². The summed E-state index contributed by atoms with van der Waals surface area (Å²) in [5.41, 5.74) is 1.46. The second-order valence-corrected chi connectivity index (χ2v) is 10.3. The second kappa shape index (κ2) is 8.99. The Morgan fingerprint density at radius 2 is 1.57 bits per heavy atom. The molecule has 0 radical (unpaired) electrons. The summed E-state index contributed by atoms with van der Waals surface area (Å²) in [6, 6.07) is 18.7. The third-order valence-corrected chi connectivity index (χ3v) is 7.01. The Hall–Kier alpha value is -2.69. The predicted octanol–water partition coefficient (Wildman–Crippen LogP) is 3.84. The van der Waals surface area contributed by atoms with Gasteiger partial charge in [0.05, 0.1) is 15.6 Å². The first-order valence-electron chi connectivity index (χ1n) is 8.58. The number of halogens is 1. The average Bonchev–Trinajstić information content (AvgIpc) is 2.71. The number of nitrogens with zero attached hydrogens (tertiary/aromatic N) is 1. The predicted molar refractivity (Wildman–Crippen MR) is 117 cm³/mol. The van der Waals surface area contributed by atoms with E-state index in [0.29, 0.717) is 10.0 Å². The molecule has 0 saturated heterocycles. The highest BCUT2D eigenvalue weighted by molar-refractivity contribution is 9.10. The molecule has 3 rings (SSSR count). The topological polar surface area (TPSA) is 102 Å². The van der Waals surface area contributed by atoms with Crippen LogP contribution in [0.1, 0.15) is 11.1 Å². The van der Waals surface area contributed by atoms with Crippen molar-refractivity contribution in [2.75, 3.05) is 0 Å². The molecule has 156 valence electrons. The molecule has 0 aliphatic rings. The summed E-state index contributed by atoms with van der Waals surface area (Å²) in [6.07, 6.45) is 1.30. The summed E-state index contributed by atoms with van der Waals surface area (Å²) in [4.78, 5) is 2.25. The molecule has 0 fully saturated rings. The van der Waals surface area contributed by atoms with Gasteiger partial charge in [-0.3, -0.25) is 0 Å². The van der Waals surface area contributed by atoms with Crippen LogP contribution in [0.25, 0.3) is 0 Å². The molecular formula is C20H17BrN2O5S2. The van der Waals surface area contributed by atoms with Gasteiger partial charge in [-0.1, -0.05) is 35.9 Å². The van der Waals surface area contributed by atoms with E-state index in [9.17, 15) is 16.8 Å². The summed E-state index contributed by atoms with van der Waals surface area (Å²) >= 11 is 3.26. The van der Waals surface area contributed by atoms with E-state index >= 15 is 0 Å². The van der Waals surface area contributed by atoms with E-state index in [2.05, 4.69) is 25.9 Å². The van der Waals surface area contributed by atoms with Crippen molar-refractivity contribution in [2.24, 2.45) is 5.10 Å². The van der Waals surface area contributed by atoms with Crippen molar-refractivity contribution in [3.63, 3.8) is 0 Å². The molecule has 0 spiro atoms. The maximum atomic E-state index is 12.4. The van der Waals surface area contributed by atoms with Gasteiger partial charge in [-0.2, -0.15) is 21.9 Å². The van der Waals surface area contributed by atoms with Gasteiger partial charge in [0.2, 0.25) is 0 Å². The highest BCUT2D eigenvalue weighted by atomic mass is 79.9. The van der Waals surface area contributed by atoms with E-state index in [0.717, 1.165) is 5.56 Å². The van der Waals surface area contributed by atoms with Crippen molar-refractivity contribution in [2.45, 2.75) is 16.7 Å². The van der Waals surface area contributed by atoms with E-state index in [1.165, 1.54) is 36.5 Å². The normalized spacial score (nSPS) is 12.1. The number of aryl methyl sites for hydroxylation is 1. The Balaban J connectivity index is 1.72. The average molecular weight is 509 g/mol. The standard InChI is InChI=1S/C20H17BrN2O5S2/c1-15-7-10-18(11-8-15)30(26,27)28-20-12-9-16(13-19(20)21)14-22-23-29(24,25)17-5-3-2-4-6-17/h2-14,23H,1H3/b22-14-. The van der Waals surface area contributed by atoms with Gasteiger partial charge in [0.25, 0.3) is 10.0 Å². The maximum absolute atomic E-state index is 12.4. The molecule has 3 aromatic rings. The summed E-state index contributed by atoms with van der Waals surface area (Å²) in [7, 11) is -7.76. The van der Waals surface area contributed by atoms with E-state index in [1.54, 1.807) is 42.5 Å². The molecule has 0 atom stereocenters. The Kier molecular flexibility index (Phi) is 6.59. The summed E-state index contributed by atoms with van der Waals surface area (Å²) in [6.45, 7) is 1.86. The van der Waals surface area contributed by atoms with E-state index < -0.39 is 20.1 Å². The second-order valence-electron chi connectivity index (χ2n) is 6.21. The van der Waals surface area contributed by atoms with Crippen LogP contribution >= 0.6 is 15.9 Å². The van der Waals surface area contributed by atoms with Crippen molar-refractivity contribution in [1.29, 1.82) is 0 Å². The smallest absolute Gasteiger partial charge is 0.339 e. The van der Waals surface area contributed by atoms with Crippen LogP contribution in [0.15, 0.2) is 92.2 Å². The first kappa shape index (κ1) is 22.0. The molecular weight excluding hydrogens is 492 g/mol. The molecule has 3 aromatic carbocycles. The molecule has 0 saturated carbocycles. The molecule has 0 aliphatic carbocycles. The molecule has 1 N–H and O–H groups in total. The van der Waals surface area contributed by atoms with Gasteiger partial charge in [0.15, 0.2) is 5.75 Å². The fraction of sp³-hybridized carbons (Fsp3) is 0.0500. The number of hydrazone groups is 1. The lowest BCUT2D eigenvalue weighted by Gasteiger charge is -2.09. The van der Waals surface area contributed by atoms with Crippen LogP contribution in [0.4, 0.5) is 0 Å². The van der Waals surface area contributed by atoms with E-state index in [-0.39, 0.29) is 15.5 Å². The Morgan fingerprint density at radius 3 is 2.20 bits per heavy atom. The first-order valence-corrected chi connectivity index (χ1v) is 12.3. The lowest BCUT2D eigenvalue weighted by atomic mass is 10.2. The molecule has 0 heterocycles. The lowest BCUT2D eigenvalue weighted by molar-refractivity contribution is 0.484. The minimum atomic E-state index is -3.99. The SMILES string of the molecule is Cc1ccc(S(=O)(=O)Oc2ccc(/C=N\NS(=O)(=O)c3ccccc3)cc2Br)cc1. The van der Waals surface area contributed by atoms with Crippen LogP contribution < -0.4 is 9.01 Å². The Morgan fingerprint density at radius 1 is 0.900 bits per heavy atom. The number of hydrogen-bond donors (Lipinski definition) is 1. The van der Waals surface area contributed by atoms with Crippen LogP contribution in [0.3, 0.4) is 0 Å². The van der Waals surface area contributed by atoms with Crippen LogP contribution in [0.5, 0.6) is 5.75 Å². The zero-order valence-corrected chi connectivity index (χ0v) is 18.9. The zero-order valence-electron chi connectivity index (χ0n) is 15.7. The number of rotatable bonds is 7. The minimum absolute atomic E-state index is 0.0426. The van der Waals surface area contributed by atoms with Gasteiger partial charge >= 0.3 is 10.1 Å². The van der Waals surface area contributed by atoms with Crippen LogP contribution in [-0.4, -0.2) is 23.1 Å². The van der Waals surface area contributed by atoms with Crippen LogP contribution in [0.2, 0.25) is 0 Å². The van der Waals surface area contributed by atoms with Crippen molar-refractivity contribution >= 4 is 42.3 Å².